The molecule has 0 heterocycles. The van der Waals surface area contributed by atoms with Crippen LogP contribution in [0.25, 0.3) is 0 Å². The van der Waals surface area contributed by atoms with Gasteiger partial charge in [-0.25, -0.2) is 0 Å². The Morgan fingerprint density at radius 1 is 1.00 bits per heavy atom. The average molecular weight is 156 g/mol. The summed E-state index contributed by atoms with van der Waals surface area (Å²) < 4.78 is 0. The van der Waals surface area contributed by atoms with E-state index in [1.165, 1.54) is 10.6 Å². The number of hydrogen-bond donors (Lipinski definition) is 0. The molecule has 0 aliphatic carbocycles. The van der Waals surface area contributed by atoms with Crippen molar-refractivity contribution < 1.29 is 1.43 Å². The fourth-order valence-corrected chi connectivity index (χ4v) is 2.29. The maximum Gasteiger partial charge on any atom is -1.00 e. The van der Waals surface area contributed by atoms with E-state index in [0.717, 1.165) is 27.1 Å². The first-order chi connectivity index (χ1) is 4.13. The van der Waals surface area contributed by atoms with Gasteiger partial charge in [0.1, 0.15) is 0 Å². The van der Waals surface area contributed by atoms with Crippen LogP contribution in [0.1, 0.15) is 29.1 Å². The summed E-state index contributed by atoms with van der Waals surface area (Å²) in [7, 11) is 0. The first kappa shape index (κ1) is 13.2. The molecule has 0 aliphatic heterocycles. The molecule has 10 heavy (non-hydrogen) atoms. The van der Waals surface area contributed by atoms with Gasteiger partial charge in [0.25, 0.3) is 0 Å². The van der Waals surface area contributed by atoms with Crippen LogP contribution in [0.15, 0.2) is 0 Å². The summed E-state index contributed by atoms with van der Waals surface area (Å²) in [6.07, 6.45) is 0. The van der Waals surface area contributed by atoms with Crippen LogP contribution < -0.4 is 0 Å². The Kier molecular flexibility index (Phi) is 10.2. The Morgan fingerprint density at radius 2 is 1.30 bits per heavy atom. The van der Waals surface area contributed by atoms with Gasteiger partial charge in [0.15, 0.2) is 0 Å². The molecule has 0 fully saturated rings. The molecule has 0 amide bonds. The third kappa shape index (κ3) is 11.4. The van der Waals surface area contributed by atoms with Crippen molar-refractivity contribution in [2.45, 2.75) is 38.3 Å². The zero-order valence-electron chi connectivity index (χ0n) is 8.15. The van der Waals surface area contributed by atoms with E-state index in [4.69, 9.17) is 0 Å². The van der Waals surface area contributed by atoms with Crippen LogP contribution >= 0.6 is 0 Å². The molecule has 0 aromatic carbocycles. The van der Waals surface area contributed by atoms with E-state index in [2.05, 4.69) is 27.7 Å². The van der Waals surface area contributed by atoms with Crippen molar-refractivity contribution in [1.29, 1.82) is 0 Å². The second kappa shape index (κ2) is 7.70. The third-order valence-electron chi connectivity index (χ3n) is 1.28. The van der Waals surface area contributed by atoms with Gasteiger partial charge >= 0.3 is 65.3 Å². The minimum absolute atomic E-state index is 0. The summed E-state index contributed by atoms with van der Waals surface area (Å²) in [4.78, 5) is 0. The Morgan fingerprint density at radius 3 is 1.50 bits per heavy atom. The molecule has 2 heteroatoms. The Bertz CT molecular complexity index is 59.1. The fourth-order valence-electron chi connectivity index (χ4n) is 0.763. The van der Waals surface area contributed by atoms with Crippen molar-refractivity contribution in [2.75, 3.05) is 0 Å². The summed E-state index contributed by atoms with van der Waals surface area (Å²) in [5, 5.41) is 2.97. The largest absolute Gasteiger partial charge is 1.00 e. The van der Waals surface area contributed by atoms with Gasteiger partial charge in [-0.3, -0.25) is 0 Å². The van der Waals surface area contributed by atoms with Crippen LogP contribution in [0.3, 0.4) is 0 Å². The van der Waals surface area contributed by atoms with E-state index >= 15 is 0 Å². The van der Waals surface area contributed by atoms with Crippen molar-refractivity contribution in [3.8, 4) is 0 Å². The van der Waals surface area contributed by atoms with E-state index in [1.807, 2.05) is 0 Å². The van der Waals surface area contributed by atoms with Crippen molar-refractivity contribution in [3.63, 3.8) is 0 Å². The summed E-state index contributed by atoms with van der Waals surface area (Å²) in [6.45, 7) is 9.25. The van der Waals surface area contributed by atoms with Gasteiger partial charge in [-0.15, -0.1) is 0 Å². The van der Waals surface area contributed by atoms with Crippen molar-refractivity contribution in [2.24, 2.45) is 11.8 Å². The molecule has 0 atom stereocenters. The second-order valence-electron chi connectivity index (χ2n) is 3.55. The van der Waals surface area contributed by atoms with Gasteiger partial charge in [0.2, 0.25) is 0 Å². The quantitative estimate of drug-likeness (QED) is 0.544. The molecule has 0 nitrogen and oxygen atoms in total. The van der Waals surface area contributed by atoms with Crippen molar-refractivity contribution in [1.82, 2.24) is 0 Å². The number of hydrogen-bond acceptors (Lipinski definition) is 0. The van der Waals surface area contributed by atoms with E-state index in [0.29, 0.717) is 0 Å². The van der Waals surface area contributed by atoms with E-state index in [9.17, 15) is 0 Å². The van der Waals surface area contributed by atoms with Gasteiger partial charge < -0.3 is 1.43 Å². The van der Waals surface area contributed by atoms with Gasteiger partial charge in [-0.2, -0.15) is 0 Å². The summed E-state index contributed by atoms with van der Waals surface area (Å²) in [5.41, 5.74) is 0. The molecule has 0 aromatic rings. The maximum atomic E-state index is 2.31. The molecule has 0 aromatic heterocycles. The van der Waals surface area contributed by atoms with Gasteiger partial charge in [-0.05, 0) is 0 Å². The fraction of sp³-hybridized carbons (Fsp3) is 1.00. The topological polar surface area (TPSA) is 0 Å². The van der Waals surface area contributed by atoms with Gasteiger partial charge in [-0.1, -0.05) is 0 Å². The minimum Gasteiger partial charge on any atom is -1.00 e. The molecule has 60 valence electrons. The Labute approximate surface area is 75.6 Å². The molecule has 0 rings (SSSR count). The zero-order valence-corrected chi connectivity index (χ0v) is 8.30. The molecular weight excluding hydrogens is 134 g/mol. The van der Waals surface area contributed by atoms with Crippen molar-refractivity contribution in [3.05, 3.63) is 0 Å². The SMILES string of the molecule is B.CC(C)[CH2][Al+][CH2]C(C)C.[H-]. The average Bonchev–Trinajstić information content (AvgIpc) is 1.63. The maximum absolute atomic E-state index is 2.31. The summed E-state index contributed by atoms with van der Waals surface area (Å²) >= 11 is 0.755. The van der Waals surface area contributed by atoms with Crippen LogP contribution in [0.4, 0.5) is 0 Å². The number of rotatable bonds is 4. The zero-order chi connectivity index (χ0) is 7.28. The molecule has 0 radical (unpaired) electrons. The minimum atomic E-state index is 0. The summed E-state index contributed by atoms with van der Waals surface area (Å²) in [6, 6.07) is 0. The van der Waals surface area contributed by atoms with Crippen LogP contribution in [-0.2, 0) is 0 Å². The van der Waals surface area contributed by atoms with E-state index < -0.39 is 0 Å². The molecular formula is C8H22AlB. The summed E-state index contributed by atoms with van der Waals surface area (Å²) in [5.74, 6) is 1.86. The van der Waals surface area contributed by atoms with Crippen molar-refractivity contribution >= 4 is 23.6 Å². The molecule has 0 bridgehead atoms. The smallest absolute Gasteiger partial charge is 1.00 e. The molecule has 0 saturated carbocycles. The third-order valence-corrected chi connectivity index (χ3v) is 3.83. The Hall–Kier alpha value is 0.597. The normalized spacial score (nSPS) is 9.40. The molecule has 0 unspecified atom stereocenters. The molecule has 0 aliphatic rings. The first-order valence-corrected chi connectivity index (χ1v) is 5.58. The van der Waals surface area contributed by atoms with Crippen LogP contribution in [0.5, 0.6) is 0 Å². The molecule has 0 spiro atoms. The van der Waals surface area contributed by atoms with E-state index in [1.54, 1.807) is 0 Å². The first-order valence-electron chi connectivity index (χ1n) is 3.94. The van der Waals surface area contributed by atoms with Crippen LogP contribution in [-0.4, -0.2) is 23.6 Å². The van der Waals surface area contributed by atoms with Gasteiger partial charge in [0, 0.05) is 0 Å². The van der Waals surface area contributed by atoms with Crippen LogP contribution in [0.2, 0.25) is 10.6 Å². The van der Waals surface area contributed by atoms with Crippen LogP contribution in [0, 0.1) is 11.8 Å². The molecule has 0 saturated heterocycles. The van der Waals surface area contributed by atoms with Gasteiger partial charge in [0.05, 0.1) is 8.41 Å². The van der Waals surface area contributed by atoms with E-state index in [-0.39, 0.29) is 9.84 Å². The Balaban J connectivity index is -0.000000320. The predicted octanol–water partition coefficient (Wildman–Crippen LogP) is 1.77. The standard InChI is InChI=1S/2C4H9.Al.BH3.H/c2*1-4(2)3;;;/h2*4H,1H2,2-3H3;;1H3;/q;;+1;;-1. The second-order valence-corrected chi connectivity index (χ2v) is 5.07. The monoisotopic (exact) mass is 156 g/mol. The molecule has 0 N–H and O–H groups in total. The predicted molar refractivity (Wildman–Crippen MR) is 56.1 cm³/mol.